The van der Waals surface area contributed by atoms with Gasteiger partial charge in [-0.25, -0.2) is 4.79 Å². The van der Waals surface area contributed by atoms with E-state index in [-0.39, 0.29) is 0 Å². The molecule has 0 radical (unpaired) electrons. The molecular weight excluding hydrogens is 260 g/mol. The summed E-state index contributed by atoms with van der Waals surface area (Å²) in [5.74, 6) is -0.809. The van der Waals surface area contributed by atoms with Gasteiger partial charge in [0, 0.05) is 5.57 Å². The Balaban J connectivity index is 2.53. The minimum Gasteiger partial charge on any atom is -0.478 e. The Morgan fingerprint density at radius 2 is 1.52 bits per heavy atom. The van der Waals surface area contributed by atoms with E-state index < -0.39 is 5.97 Å². The zero-order valence-electron chi connectivity index (χ0n) is 13.4. The Kier molecular flexibility index (Phi) is 8.49. The normalized spacial score (nSPS) is 12.1. The first kappa shape index (κ1) is 17.5. The third kappa shape index (κ3) is 6.61. The van der Waals surface area contributed by atoms with Crippen LogP contribution in [0, 0.1) is 0 Å². The summed E-state index contributed by atoms with van der Waals surface area (Å²) in [5, 5.41) is 9.26. The summed E-state index contributed by atoms with van der Waals surface area (Å²) in [6, 6.07) is 9.90. The minimum absolute atomic E-state index is 0.479. The van der Waals surface area contributed by atoms with E-state index in [1.807, 2.05) is 30.3 Å². The summed E-state index contributed by atoms with van der Waals surface area (Å²) < 4.78 is 0. The fraction of sp³-hybridized carbons (Fsp3) is 0.526. The van der Waals surface area contributed by atoms with E-state index in [9.17, 15) is 9.90 Å². The van der Waals surface area contributed by atoms with Gasteiger partial charge in [0.2, 0.25) is 0 Å². The maximum atomic E-state index is 11.3. The number of hydrogen-bond donors (Lipinski definition) is 1. The molecule has 116 valence electrons. The monoisotopic (exact) mass is 288 g/mol. The van der Waals surface area contributed by atoms with E-state index >= 15 is 0 Å². The highest BCUT2D eigenvalue weighted by atomic mass is 16.4. The highest BCUT2D eigenvalue weighted by Crippen LogP contribution is 2.25. The second-order valence-corrected chi connectivity index (χ2v) is 5.65. The summed E-state index contributed by atoms with van der Waals surface area (Å²) >= 11 is 0. The number of carboxylic acids is 1. The molecule has 2 heteroatoms. The molecule has 1 aromatic carbocycles. The van der Waals surface area contributed by atoms with Gasteiger partial charge < -0.3 is 5.11 Å². The first-order chi connectivity index (χ1) is 10.2. The molecule has 0 saturated carbocycles. The van der Waals surface area contributed by atoms with Crippen LogP contribution in [0.3, 0.4) is 0 Å². The molecule has 0 spiro atoms. The summed E-state index contributed by atoms with van der Waals surface area (Å²) in [5.41, 5.74) is 2.51. The first-order valence-electron chi connectivity index (χ1n) is 8.15. The van der Waals surface area contributed by atoms with Gasteiger partial charge in [0.25, 0.3) is 0 Å². The zero-order chi connectivity index (χ0) is 15.5. The predicted molar refractivity (Wildman–Crippen MR) is 89.3 cm³/mol. The van der Waals surface area contributed by atoms with Crippen molar-refractivity contribution in [2.24, 2.45) is 0 Å². The van der Waals surface area contributed by atoms with Crippen LogP contribution in [0.1, 0.15) is 70.8 Å². The van der Waals surface area contributed by atoms with Crippen LogP contribution in [0.25, 0.3) is 5.57 Å². The van der Waals surface area contributed by atoms with E-state index in [1.54, 1.807) is 6.92 Å². The topological polar surface area (TPSA) is 37.3 Å². The van der Waals surface area contributed by atoms with Crippen LogP contribution < -0.4 is 0 Å². The molecule has 0 bridgehead atoms. The quantitative estimate of drug-likeness (QED) is 0.444. The maximum absolute atomic E-state index is 11.3. The molecule has 0 heterocycles. The molecule has 0 aliphatic rings. The highest BCUT2D eigenvalue weighted by molar-refractivity contribution is 5.95. The SMILES string of the molecule is CCCCCCCCC/C(=C(\C)C(=O)O)c1ccccc1. The number of carboxylic acid groups (broad SMARTS) is 1. The molecule has 0 amide bonds. The van der Waals surface area contributed by atoms with Crippen molar-refractivity contribution in [3.05, 3.63) is 41.5 Å². The van der Waals surface area contributed by atoms with Crippen molar-refractivity contribution in [2.45, 2.75) is 65.2 Å². The lowest BCUT2D eigenvalue weighted by Gasteiger charge is -2.10. The van der Waals surface area contributed by atoms with Gasteiger partial charge in [0.1, 0.15) is 0 Å². The molecule has 0 aromatic heterocycles. The van der Waals surface area contributed by atoms with Crippen LogP contribution in [0.4, 0.5) is 0 Å². The average Bonchev–Trinajstić information content (AvgIpc) is 2.50. The van der Waals surface area contributed by atoms with Crippen molar-refractivity contribution in [1.29, 1.82) is 0 Å². The molecule has 1 N–H and O–H groups in total. The third-order valence-corrected chi connectivity index (χ3v) is 3.93. The number of aliphatic carboxylic acids is 1. The van der Waals surface area contributed by atoms with E-state index in [2.05, 4.69) is 6.92 Å². The fourth-order valence-corrected chi connectivity index (χ4v) is 2.58. The largest absolute Gasteiger partial charge is 0.478 e. The van der Waals surface area contributed by atoms with Gasteiger partial charge in [0.15, 0.2) is 0 Å². The van der Waals surface area contributed by atoms with Crippen molar-refractivity contribution in [1.82, 2.24) is 0 Å². The van der Waals surface area contributed by atoms with Crippen LogP contribution in [-0.4, -0.2) is 11.1 Å². The van der Waals surface area contributed by atoms with Crippen LogP contribution in [0.15, 0.2) is 35.9 Å². The van der Waals surface area contributed by atoms with Gasteiger partial charge in [0.05, 0.1) is 0 Å². The number of hydrogen-bond acceptors (Lipinski definition) is 1. The highest BCUT2D eigenvalue weighted by Gasteiger charge is 2.11. The Bertz CT molecular complexity index is 446. The molecule has 1 aromatic rings. The molecular formula is C19H28O2. The van der Waals surface area contributed by atoms with E-state index in [4.69, 9.17) is 0 Å². The molecule has 0 aliphatic heterocycles. The van der Waals surface area contributed by atoms with Crippen molar-refractivity contribution in [3.63, 3.8) is 0 Å². The molecule has 0 unspecified atom stereocenters. The second kappa shape index (κ2) is 10.2. The number of benzene rings is 1. The fourth-order valence-electron chi connectivity index (χ4n) is 2.58. The Hall–Kier alpha value is -1.57. The van der Waals surface area contributed by atoms with E-state index in [1.165, 1.54) is 38.5 Å². The smallest absolute Gasteiger partial charge is 0.331 e. The van der Waals surface area contributed by atoms with E-state index in [0.717, 1.165) is 24.0 Å². The van der Waals surface area contributed by atoms with Gasteiger partial charge in [-0.1, -0.05) is 75.8 Å². The van der Waals surface area contributed by atoms with Gasteiger partial charge in [-0.3, -0.25) is 0 Å². The van der Waals surface area contributed by atoms with Crippen molar-refractivity contribution in [3.8, 4) is 0 Å². The average molecular weight is 288 g/mol. The zero-order valence-corrected chi connectivity index (χ0v) is 13.4. The van der Waals surface area contributed by atoms with Gasteiger partial charge in [-0.2, -0.15) is 0 Å². The number of carbonyl (C=O) groups is 1. The van der Waals surface area contributed by atoms with Crippen LogP contribution in [0.2, 0.25) is 0 Å². The lowest BCUT2D eigenvalue weighted by molar-refractivity contribution is -0.132. The molecule has 0 aliphatic carbocycles. The van der Waals surface area contributed by atoms with Crippen molar-refractivity contribution in [2.75, 3.05) is 0 Å². The predicted octanol–water partition coefficient (Wildman–Crippen LogP) is 5.69. The lowest BCUT2D eigenvalue weighted by Crippen LogP contribution is -2.01. The number of allylic oxidation sites excluding steroid dienone is 1. The molecule has 1 rings (SSSR count). The third-order valence-electron chi connectivity index (χ3n) is 3.93. The summed E-state index contributed by atoms with van der Waals surface area (Å²) in [6.45, 7) is 3.94. The van der Waals surface area contributed by atoms with E-state index in [0.29, 0.717) is 5.57 Å². The van der Waals surface area contributed by atoms with Crippen LogP contribution in [-0.2, 0) is 4.79 Å². The van der Waals surface area contributed by atoms with Gasteiger partial charge in [-0.15, -0.1) is 0 Å². The van der Waals surface area contributed by atoms with Crippen molar-refractivity contribution < 1.29 is 9.90 Å². The van der Waals surface area contributed by atoms with Crippen molar-refractivity contribution >= 4 is 11.5 Å². The standard InChI is InChI=1S/C19H28O2/c1-3-4-5-6-7-8-12-15-18(16(2)19(20)21)17-13-10-9-11-14-17/h9-11,13-14H,3-8,12,15H2,1-2H3,(H,20,21)/b18-16-. The van der Waals surface area contributed by atoms with Crippen LogP contribution in [0.5, 0.6) is 0 Å². The molecule has 0 atom stereocenters. The molecule has 0 saturated heterocycles. The molecule has 21 heavy (non-hydrogen) atoms. The first-order valence-corrected chi connectivity index (χ1v) is 8.15. The number of unbranched alkanes of at least 4 members (excludes halogenated alkanes) is 6. The maximum Gasteiger partial charge on any atom is 0.331 e. The Morgan fingerprint density at radius 3 is 2.10 bits per heavy atom. The Morgan fingerprint density at radius 1 is 0.952 bits per heavy atom. The minimum atomic E-state index is -0.809. The number of rotatable bonds is 10. The van der Waals surface area contributed by atoms with Crippen LogP contribution >= 0.6 is 0 Å². The Labute approximate surface area is 128 Å². The summed E-state index contributed by atoms with van der Waals surface area (Å²) in [4.78, 5) is 11.3. The lowest BCUT2D eigenvalue weighted by atomic mass is 9.95. The summed E-state index contributed by atoms with van der Waals surface area (Å²) in [6.07, 6.45) is 9.60. The summed E-state index contributed by atoms with van der Waals surface area (Å²) in [7, 11) is 0. The second-order valence-electron chi connectivity index (χ2n) is 5.65. The molecule has 2 nitrogen and oxygen atoms in total. The van der Waals surface area contributed by atoms with Gasteiger partial charge >= 0.3 is 5.97 Å². The molecule has 0 fully saturated rings. The van der Waals surface area contributed by atoms with Gasteiger partial charge in [-0.05, 0) is 30.9 Å².